The number of carbonyl (C=O) groups is 2. The third-order valence-corrected chi connectivity index (χ3v) is 4.16. The highest BCUT2D eigenvalue weighted by Crippen LogP contribution is 2.33. The van der Waals surface area contributed by atoms with E-state index in [1.807, 2.05) is 48.5 Å². The number of ether oxygens (including phenoxy) is 2. The molecular weight excluding hydrogens is 316 g/mol. The first-order chi connectivity index (χ1) is 12.1. The fourth-order valence-electron chi connectivity index (χ4n) is 2.55. The second-order valence-corrected chi connectivity index (χ2v) is 6.28. The Labute approximate surface area is 148 Å². The highest BCUT2D eigenvalue weighted by molar-refractivity contribution is 5.49. The molecule has 0 heterocycles. The summed E-state index contributed by atoms with van der Waals surface area (Å²) in [7, 11) is 0. The molecule has 2 rings (SSSR count). The molecule has 0 aliphatic heterocycles. The second-order valence-electron chi connectivity index (χ2n) is 6.28. The van der Waals surface area contributed by atoms with Crippen LogP contribution in [0.15, 0.2) is 48.5 Å². The maximum Gasteiger partial charge on any atom is 0.123 e. The van der Waals surface area contributed by atoms with E-state index in [2.05, 4.69) is 13.8 Å². The van der Waals surface area contributed by atoms with Gasteiger partial charge in [0.25, 0.3) is 0 Å². The van der Waals surface area contributed by atoms with Crippen molar-refractivity contribution in [2.24, 2.45) is 0 Å². The first kappa shape index (κ1) is 18.7. The Morgan fingerprint density at radius 1 is 0.720 bits per heavy atom. The van der Waals surface area contributed by atoms with Crippen molar-refractivity contribution in [1.29, 1.82) is 0 Å². The Morgan fingerprint density at radius 2 is 1.08 bits per heavy atom. The van der Waals surface area contributed by atoms with Crippen molar-refractivity contribution in [3.63, 3.8) is 0 Å². The number of benzene rings is 2. The second kappa shape index (κ2) is 9.02. The summed E-state index contributed by atoms with van der Waals surface area (Å²) in [6.45, 7) is 5.13. The molecule has 2 aromatic rings. The summed E-state index contributed by atoms with van der Waals surface area (Å²) in [6.07, 6.45) is 2.50. The molecule has 0 radical (unpaired) electrons. The zero-order valence-electron chi connectivity index (χ0n) is 14.7. The summed E-state index contributed by atoms with van der Waals surface area (Å²) < 4.78 is 11.0. The predicted octanol–water partition coefficient (Wildman–Crippen LogP) is 3.95. The third-order valence-electron chi connectivity index (χ3n) is 4.16. The van der Waals surface area contributed by atoms with Crippen LogP contribution >= 0.6 is 0 Å². The normalized spacial score (nSPS) is 11.0. The fourth-order valence-corrected chi connectivity index (χ4v) is 2.55. The molecule has 0 fully saturated rings. The molecule has 0 bridgehead atoms. The molecule has 0 amide bonds. The van der Waals surface area contributed by atoms with E-state index in [-0.39, 0.29) is 5.41 Å². The van der Waals surface area contributed by atoms with Gasteiger partial charge in [0, 0.05) is 18.3 Å². The summed E-state index contributed by atoms with van der Waals surface area (Å²) in [6, 6.07) is 15.9. The third kappa shape index (κ3) is 5.18. The van der Waals surface area contributed by atoms with Crippen molar-refractivity contribution >= 4 is 12.6 Å². The molecule has 0 saturated heterocycles. The molecule has 0 spiro atoms. The van der Waals surface area contributed by atoms with Crippen molar-refractivity contribution < 1.29 is 19.1 Å². The van der Waals surface area contributed by atoms with E-state index in [4.69, 9.17) is 9.47 Å². The van der Waals surface area contributed by atoms with Gasteiger partial charge in [0.15, 0.2) is 0 Å². The van der Waals surface area contributed by atoms with E-state index in [9.17, 15) is 9.59 Å². The lowest BCUT2D eigenvalue weighted by atomic mass is 9.78. The summed E-state index contributed by atoms with van der Waals surface area (Å²) >= 11 is 0. The number of hydrogen-bond acceptors (Lipinski definition) is 4. The van der Waals surface area contributed by atoms with Crippen LogP contribution in [0.25, 0.3) is 0 Å². The minimum atomic E-state index is -0.164. The van der Waals surface area contributed by atoms with Gasteiger partial charge in [0.2, 0.25) is 0 Å². The molecule has 0 aliphatic rings. The smallest absolute Gasteiger partial charge is 0.123 e. The fraction of sp³-hybridized carbons (Fsp3) is 0.333. The van der Waals surface area contributed by atoms with Crippen LogP contribution in [0.4, 0.5) is 0 Å². The van der Waals surface area contributed by atoms with E-state index in [0.717, 1.165) is 24.1 Å². The standard InChI is InChI=1S/C21H24O4/c1-21(2,17-5-9-19(10-6-17)24-15-3-13-22)18-7-11-20(12-8-18)25-16-4-14-23/h5-14H,3-4,15-16H2,1-2H3. The Bertz CT molecular complexity index is 613. The van der Waals surface area contributed by atoms with Crippen molar-refractivity contribution in [2.45, 2.75) is 32.1 Å². The molecule has 0 unspecified atom stereocenters. The van der Waals surface area contributed by atoms with Gasteiger partial charge in [-0.2, -0.15) is 0 Å². The van der Waals surface area contributed by atoms with Gasteiger partial charge in [-0.05, 0) is 35.4 Å². The quantitative estimate of drug-likeness (QED) is 0.485. The van der Waals surface area contributed by atoms with Crippen LogP contribution in [-0.4, -0.2) is 25.8 Å². The largest absolute Gasteiger partial charge is 0.493 e. The lowest BCUT2D eigenvalue weighted by Crippen LogP contribution is -2.18. The number of aldehydes is 2. The molecule has 0 N–H and O–H groups in total. The zero-order valence-corrected chi connectivity index (χ0v) is 14.7. The van der Waals surface area contributed by atoms with Crippen LogP contribution in [0.5, 0.6) is 11.5 Å². The van der Waals surface area contributed by atoms with Gasteiger partial charge in [-0.3, -0.25) is 0 Å². The number of rotatable bonds is 10. The minimum Gasteiger partial charge on any atom is -0.493 e. The summed E-state index contributed by atoms with van der Waals surface area (Å²) in [4.78, 5) is 20.7. The van der Waals surface area contributed by atoms with Gasteiger partial charge in [-0.15, -0.1) is 0 Å². The monoisotopic (exact) mass is 340 g/mol. The van der Waals surface area contributed by atoms with Gasteiger partial charge < -0.3 is 19.1 Å². The summed E-state index contributed by atoms with van der Waals surface area (Å²) in [5, 5.41) is 0. The van der Waals surface area contributed by atoms with Crippen LogP contribution in [0, 0.1) is 0 Å². The van der Waals surface area contributed by atoms with E-state index in [0.29, 0.717) is 26.1 Å². The molecule has 0 saturated carbocycles. The highest BCUT2D eigenvalue weighted by atomic mass is 16.5. The van der Waals surface area contributed by atoms with Crippen molar-refractivity contribution in [2.75, 3.05) is 13.2 Å². The molecule has 4 heteroatoms. The highest BCUT2D eigenvalue weighted by Gasteiger charge is 2.23. The Morgan fingerprint density at radius 3 is 1.40 bits per heavy atom. The summed E-state index contributed by atoms with van der Waals surface area (Å²) in [5.74, 6) is 1.53. The van der Waals surface area contributed by atoms with Crippen molar-refractivity contribution in [3.05, 3.63) is 59.7 Å². The Balaban J connectivity index is 2.06. The van der Waals surface area contributed by atoms with Crippen molar-refractivity contribution in [3.8, 4) is 11.5 Å². The average Bonchev–Trinajstić information content (AvgIpc) is 2.63. The van der Waals surface area contributed by atoms with Gasteiger partial charge in [0.1, 0.15) is 24.1 Å². The maximum absolute atomic E-state index is 10.3. The van der Waals surface area contributed by atoms with E-state index >= 15 is 0 Å². The zero-order chi connectivity index (χ0) is 18.1. The topological polar surface area (TPSA) is 52.6 Å². The molecule has 132 valence electrons. The molecule has 25 heavy (non-hydrogen) atoms. The summed E-state index contributed by atoms with van der Waals surface area (Å²) in [5.41, 5.74) is 2.18. The average molecular weight is 340 g/mol. The molecule has 0 aromatic heterocycles. The SMILES string of the molecule is CC(C)(c1ccc(OCCC=O)cc1)c1ccc(OCCC=O)cc1. The molecule has 0 aliphatic carbocycles. The van der Waals surface area contributed by atoms with Gasteiger partial charge >= 0.3 is 0 Å². The molecule has 4 nitrogen and oxygen atoms in total. The Hall–Kier alpha value is -2.62. The van der Waals surface area contributed by atoms with Gasteiger partial charge in [0.05, 0.1) is 13.2 Å². The lowest BCUT2D eigenvalue weighted by molar-refractivity contribution is -0.109. The van der Waals surface area contributed by atoms with Gasteiger partial charge in [-0.25, -0.2) is 0 Å². The Kier molecular flexibility index (Phi) is 6.75. The predicted molar refractivity (Wildman–Crippen MR) is 97.4 cm³/mol. The van der Waals surface area contributed by atoms with E-state index in [1.165, 1.54) is 11.1 Å². The van der Waals surface area contributed by atoms with Crippen LogP contribution in [0.1, 0.15) is 37.8 Å². The minimum absolute atomic E-state index is 0.164. The number of hydrogen-bond donors (Lipinski definition) is 0. The molecular formula is C21H24O4. The first-order valence-corrected chi connectivity index (χ1v) is 8.42. The van der Waals surface area contributed by atoms with E-state index < -0.39 is 0 Å². The number of carbonyl (C=O) groups excluding carboxylic acids is 2. The maximum atomic E-state index is 10.3. The molecule has 0 atom stereocenters. The first-order valence-electron chi connectivity index (χ1n) is 8.42. The van der Waals surface area contributed by atoms with Crippen LogP contribution in [0.3, 0.4) is 0 Å². The lowest BCUT2D eigenvalue weighted by Gasteiger charge is -2.26. The van der Waals surface area contributed by atoms with Gasteiger partial charge in [-0.1, -0.05) is 38.1 Å². The van der Waals surface area contributed by atoms with Crippen LogP contribution in [-0.2, 0) is 15.0 Å². The van der Waals surface area contributed by atoms with Crippen LogP contribution in [0.2, 0.25) is 0 Å². The van der Waals surface area contributed by atoms with Crippen molar-refractivity contribution in [1.82, 2.24) is 0 Å². The molecule has 2 aromatic carbocycles. The van der Waals surface area contributed by atoms with Crippen LogP contribution < -0.4 is 9.47 Å². The van der Waals surface area contributed by atoms with E-state index in [1.54, 1.807) is 0 Å².